The Bertz CT molecular complexity index is 1050. The summed E-state index contributed by atoms with van der Waals surface area (Å²) in [7, 11) is 1.55. The van der Waals surface area contributed by atoms with Crippen LogP contribution in [0.1, 0.15) is 12.5 Å². The van der Waals surface area contributed by atoms with Gasteiger partial charge in [-0.2, -0.15) is 14.8 Å². The molecule has 0 saturated heterocycles. The van der Waals surface area contributed by atoms with Crippen molar-refractivity contribution < 1.29 is 18.6 Å². The Kier molecular flexibility index (Phi) is 6.57. The van der Waals surface area contributed by atoms with Gasteiger partial charge in [0.2, 0.25) is 11.7 Å². The molecule has 0 aliphatic heterocycles. The molecule has 0 amide bonds. The molecule has 0 spiro atoms. The Morgan fingerprint density at radius 3 is 2.72 bits per heavy atom. The topological polar surface area (TPSA) is 69.3 Å². The molecule has 0 atom stereocenters. The zero-order chi connectivity index (χ0) is 20.8. The number of rotatable bonds is 8. The monoisotopic (exact) mass is 415 g/mol. The average Bonchev–Trinajstić information content (AvgIpc) is 3.05. The molecule has 0 saturated carbocycles. The first-order chi connectivity index (χ1) is 14.1. The second-order valence-corrected chi connectivity index (χ2v) is 6.37. The van der Waals surface area contributed by atoms with E-state index in [4.69, 9.17) is 31.1 Å². The molecule has 29 heavy (non-hydrogen) atoms. The lowest BCUT2D eigenvalue weighted by Gasteiger charge is -2.10. The largest absolute Gasteiger partial charge is 0.497 e. The zero-order valence-electron chi connectivity index (χ0n) is 16.0. The summed E-state index contributed by atoms with van der Waals surface area (Å²) in [6.07, 6.45) is 0. The van der Waals surface area contributed by atoms with E-state index in [1.807, 2.05) is 6.07 Å². The van der Waals surface area contributed by atoms with E-state index < -0.39 is 5.82 Å². The smallest absolute Gasteiger partial charge is 0.249 e. The van der Waals surface area contributed by atoms with Gasteiger partial charge in [-0.05, 0) is 37.3 Å². The maximum Gasteiger partial charge on any atom is 0.249 e. The van der Waals surface area contributed by atoms with Crippen molar-refractivity contribution in [2.75, 3.05) is 20.3 Å². The van der Waals surface area contributed by atoms with Crippen LogP contribution in [0.5, 0.6) is 17.4 Å². The van der Waals surface area contributed by atoms with Crippen molar-refractivity contribution in [1.29, 1.82) is 5.26 Å². The minimum Gasteiger partial charge on any atom is -0.497 e. The molecule has 1 heterocycles. The van der Waals surface area contributed by atoms with Crippen LogP contribution in [0.2, 0.25) is 5.02 Å². The first-order valence-corrected chi connectivity index (χ1v) is 9.31. The Hall–Kier alpha value is -3.24. The number of aromatic nitrogens is 2. The second kappa shape index (κ2) is 9.30. The number of methoxy groups -OCH3 is 1. The van der Waals surface area contributed by atoms with E-state index in [2.05, 4.69) is 5.10 Å². The Labute approximate surface area is 173 Å². The number of halogens is 2. The van der Waals surface area contributed by atoms with Gasteiger partial charge in [-0.1, -0.05) is 23.7 Å². The van der Waals surface area contributed by atoms with Crippen LogP contribution in [0.25, 0.3) is 11.3 Å². The Balaban J connectivity index is 1.80. The number of ether oxygens (including phenoxy) is 3. The summed E-state index contributed by atoms with van der Waals surface area (Å²) in [6.45, 7) is 2.49. The normalized spacial score (nSPS) is 10.4. The van der Waals surface area contributed by atoms with E-state index >= 15 is 0 Å². The summed E-state index contributed by atoms with van der Waals surface area (Å²) in [5.74, 6) is 0.536. The van der Waals surface area contributed by atoms with Crippen molar-refractivity contribution in [2.24, 2.45) is 0 Å². The van der Waals surface area contributed by atoms with Crippen LogP contribution in [0.15, 0.2) is 42.5 Å². The lowest BCUT2D eigenvalue weighted by molar-refractivity contribution is 0.253. The van der Waals surface area contributed by atoms with Gasteiger partial charge in [-0.15, -0.1) is 0 Å². The fraction of sp³-hybridized carbons (Fsp3) is 0.238. The van der Waals surface area contributed by atoms with Gasteiger partial charge in [0, 0.05) is 5.56 Å². The highest BCUT2D eigenvalue weighted by molar-refractivity contribution is 6.32. The molecular weight excluding hydrogens is 397 g/mol. The lowest BCUT2D eigenvalue weighted by atomic mass is 10.1. The van der Waals surface area contributed by atoms with Crippen molar-refractivity contribution in [3.63, 3.8) is 0 Å². The summed E-state index contributed by atoms with van der Waals surface area (Å²) < 4.78 is 32.7. The summed E-state index contributed by atoms with van der Waals surface area (Å²) in [5, 5.41) is 13.6. The number of hydrogen-bond acceptors (Lipinski definition) is 5. The second-order valence-electron chi connectivity index (χ2n) is 5.96. The first kappa shape index (κ1) is 20.5. The molecular formula is C21H19ClFN3O3. The molecule has 0 fully saturated rings. The van der Waals surface area contributed by atoms with Crippen molar-refractivity contribution in [3.05, 3.63) is 58.9 Å². The van der Waals surface area contributed by atoms with Crippen LogP contribution in [0.4, 0.5) is 4.39 Å². The van der Waals surface area contributed by atoms with E-state index in [1.54, 1.807) is 50.4 Å². The highest BCUT2D eigenvalue weighted by Gasteiger charge is 2.21. The third-order valence-electron chi connectivity index (χ3n) is 4.10. The molecule has 0 bridgehead atoms. The highest BCUT2D eigenvalue weighted by Crippen LogP contribution is 2.31. The van der Waals surface area contributed by atoms with Crippen molar-refractivity contribution in [1.82, 2.24) is 9.78 Å². The van der Waals surface area contributed by atoms with E-state index in [-0.39, 0.29) is 24.7 Å². The van der Waals surface area contributed by atoms with Gasteiger partial charge >= 0.3 is 0 Å². The fourth-order valence-corrected chi connectivity index (χ4v) is 2.97. The standard InChI is InChI=1S/C21H19ClFN3O3/c1-3-28-21-19(23)20(15-5-4-6-16(12-15)27-2)25-26(21)9-10-29-18-8-7-14(13-24)11-17(18)22/h4-8,11-12H,3,9-10H2,1-2H3. The van der Waals surface area contributed by atoms with Crippen LogP contribution in [-0.4, -0.2) is 30.1 Å². The van der Waals surface area contributed by atoms with E-state index in [9.17, 15) is 4.39 Å². The molecule has 150 valence electrons. The molecule has 8 heteroatoms. The number of nitriles is 1. The van der Waals surface area contributed by atoms with Crippen LogP contribution in [0.3, 0.4) is 0 Å². The van der Waals surface area contributed by atoms with Crippen molar-refractivity contribution in [3.8, 4) is 34.7 Å². The molecule has 3 rings (SSSR count). The SMILES string of the molecule is CCOc1c(F)c(-c2cccc(OC)c2)nn1CCOc1ccc(C#N)cc1Cl. The minimum absolute atomic E-state index is 0.0415. The highest BCUT2D eigenvalue weighted by atomic mass is 35.5. The number of benzene rings is 2. The van der Waals surface area contributed by atoms with E-state index in [0.717, 1.165) is 0 Å². The summed E-state index contributed by atoms with van der Waals surface area (Å²) in [5.41, 5.74) is 1.19. The minimum atomic E-state index is -0.545. The zero-order valence-corrected chi connectivity index (χ0v) is 16.7. The molecule has 0 aliphatic carbocycles. The van der Waals surface area contributed by atoms with Gasteiger partial charge in [0.1, 0.15) is 23.8 Å². The van der Waals surface area contributed by atoms with Gasteiger partial charge in [0.15, 0.2) is 0 Å². The van der Waals surface area contributed by atoms with Crippen LogP contribution < -0.4 is 14.2 Å². The predicted octanol–water partition coefficient (Wildman–Crippen LogP) is 4.70. The fourth-order valence-electron chi connectivity index (χ4n) is 2.74. The maximum absolute atomic E-state index is 15.0. The molecule has 6 nitrogen and oxygen atoms in total. The van der Waals surface area contributed by atoms with Crippen molar-refractivity contribution in [2.45, 2.75) is 13.5 Å². The molecule has 0 unspecified atom stereocenters. The van der Waals surface area contributed by atoms with Crippen LogP contribution >= 0.6 is 11.6 Å². The van der Waals surface area contributed by atoms with Gasteiger partial charge in [0.25, 0.3) is 0 Å². The van der Waals surface area contributed by atoms with Gasteiger partial charge in [-0.3, -0.25) is 0 Å². The third-order valence-corrected chi connectivity index (χ3v) is 4.39. The van der Waals surface area contributed by atoms with Gasteiger partial charge < -0.3 is 14.2 Å². The van der Waals surface area contributed by atoms with E-state index in [0.29, 0.717) is 34.3 Å². The van der Waals surface area contributed by atoms with Gasteiger partial charge in [-0.25, -0.2) is 4.68 Å². The molecule has 3 aromatic rings. The quantitative estimate of drug-likeness (QED) is 0.533. The third kappa shape index (κ3) is 4.61. The summed E-state index contributed by atoms with van der Waals surface area (Å²) >= 11 is 6.11. The molecule has 1 aromatic heterocycles. The first-order valence-electron chi connectivity index (χ1n) is 8.93. The predicted molar refractivity (Wildman–Crippen MR) is 107 cm³/mol. The molecule has 0 radical (unpaired) electrons. The number of nitrogens with zero attached hydrogens (tertiary/aromatic N) is 3. The van der Waals surface area contributed by atoms with E-state index in [1.165, 1.54) is 10.7 Å². The average molecular weight is 416 g/mol. The van der Waals surface area contributed by atoms with Crippen LogP contribution in [0, 0.1) is 17.1 Å². The van der Waals surface area contributed by atoms with Gasteiger partial charge in [0.05, 0.1) is 36.9 Å². The molecule has 0 N–H and O–H groups in total. The lowest BCUT2D eigenvalue weighted by Crippen LogP contribution is -2.12. The molecule has 2 aromatic carbocycles. The Morgan fingerprint density at radius 2 is 2.03 bits per heavy atom. The Morgan fingerprint density at radius 1 is 1.21 bits per heavy atom. The number of hydrogen-bond donors (Lipinski definition) is 0. The molecule has 0 aliphatic rings. The van der Waals surface area contributed by atoms with Crippen molar-refractivity contribution >= 4 is 11.6 Å². The summed E-state index contributed by atoms with van der Waals surface area (Å²) in [4.78, 5) is 0. The van der Waals surface area contributed by atoms with Crippen LogP contribution in [-0.2, 0) is 6.54 Å². The summed E-state index contributed by atoms with van der Waals surface area (Å²) in [6, 6.07) is 13.8. The maximum atomic E-state index is 15.0.